The van der Waals surface area contributed by atoms with E-state index in [0.29, 0.717) is 5.69 Å². The number of H-pyrrole nitrogens is 2. The minimum absolute atomic E-state index is 0.147. The average Bonchev–Trinajstić information content (AvgIpc) is 2.96. The molecule has 0 fully saturated rings. The Hall–Kier alpha value is -2.70. The van der Waals surface area contributed by atoms with Crippen LogP contribution in [0, 0.1) is 0 Å². The molecule has 0 aliphatic rings. The third-order valence-corrected chi connectivity index (χ3v) is 2.35. The highest BCUT2D eigenvalue weighted by atomic mass is 16.2. The maximum atomic E-state index is 11.8. The summed E-state index contributed by atoms with van der Waals surface area (Å²) in [5.41, 5.74) is 1.36. The van der Waals surface area contributed by atoms with Crippen LogP contribution in [-0.4, -0.2) is 31.5 Å². The summed E-state index contributed by atoms with van der Waals surface area (Å²) in [6, 6.07) is 9.42. The van der Waals surface area contributed by atoms with E-state index in [1.54, 1.807) is 6.07 Å². The predicted molar refractivity (Wildman–Crippen MR) is 60.4 cm³/mol. The monoisotopic (exact) mass is 228 g/mol. The summed E-state index contributed by atoms with van der Waals surface area (Å²) >= 11 is 0. The first-order chi connectivity index (χ1) is 8.33. The van der Waals surface area contributed by atoms with Crippen LogP contribution in [0.25, 0.3) is 10.9 Å². The molecule has 3 rings (SSSR count). The number of para-hydroxylation sites is 1. The molecule has 3 aromatic rings. The van der Waals surface area contributed by atoms with Crippen molar-refractivity contribution in [1.82, 2.24) is 25.6 Å². The van der Waals surface area contributed by atoms with Crippen LogP contribution >= 0.6 is 0 Å². The number of hydrogen-bond acceptors (Lipinski definition) is 4. The highest BCUT2D eigenvalue weighted by Crippen LogP contribution is 2.15. The van der Waals surface area contributed by atoms with E-state index < -0.39 is 0 Å². The molecule has 0 unspecified atom stereocenters. The number of anilines is 1. The van der Waals surface area contributed by atoms with Gasteiger partial charge in [0.1, 0.15) is 5.69 Å². The maximum absolute atomic E-state index is 11.8. The number of amides is 1. The van der Waals surface area contributed by atoms with Crippen LogP contribution in [0.3, 0.4) is 0 Å². The number of fused-ring (bicyclic) bond motifs is 1. The summed E-state index contributed by atoms with van der Waals surface area (Å²) in [5, 5.41) is 16.4. The molecule has 17 heavy (non-hydrogen) atoms. The van der Waals surface area contributed by atoms with E-state index in [0.717, 1.165) is 10.9 Å². The number of carbonyl (C=O) groups excluding carboxylic acids is 1. The Morgan fingerprint density at radius 1 is 1.29 bits per heavy atom. The molecule has 0 saturated carbocycles. The number of benzene rings is 1. The lowest BCUT2D eigenvalue weighted by atomic mass is 10.2. The number of tetrazole rings is 1. The normalized spacial score (nSPS) is 10.6. The number of nitrogens with one attached hydrogen (secondary N) is 3. The molecule has 2 heterocycles. The van der Waals surface area contributed by atoms with Crippen LogP contribution in [0.1, 0.15) is 10.5 Å². The molecule has 0 aliphatic carbocycles. The third-order valence-electron chi connectivity index (χ3n) is 2.35. The van der Waals surface area contributed by atoms with E-state index in [2.05, 4.69) is 30.9 Å². The highest BCUT2D eigenvalue weighted by molar-refractivity contribution is 6.05. The smallest absolute Gasteiger partial charge is 0.274 e. The number of aromatic amines is 2. The van der Waals surface area contributed by atoms with E-state index in [1.165, 1.54) is 0 Å². The van der Waals surface area contributed by atoms with Gasteiger partial charge in [0.2, 0.25) is 0 Å². The van der Waals surface area contributed by atoms with Crippen LogP contribution < -0.4 is 5.32 Å². The Morgan fingerprint density at radius 3 is 2.94 bits per heavy atom. The quantitative estimate of drug-likeness (QED) is 0.607. The molecule has 3 N–H and O–H groups in total. The van der Waals surface area contributed by atoms with Crippen LogP contribution in [0.15, 0.2) is 30.3 Å². The molecule has 84 valence electrons. The first kappa shape index (κ1) is 9.52. The van der Waals surface area contributed by atoms with Crippen LogP contribution in [-0.2, 0) is 0 Å². The van der Waals surface area contributed by atoms with Gasteiger partial charge in [-0.25, -0.2) is 0 Å². The van der Waals surface area contributed by atoms with Crippen molar-refractivity contribution in [2.75, 3.05) is 5.32 Å². The molecule has 7 heteroatoms. The summed E-state index contributed by atoms with van der Waals surface area (Å²) in [6.45, 7) is 0. The van der Waals surface area contributed by atoms with Gasteiger partial charge in [-0.1, -0.05) is 23.3 Å². The topological polar surface area (TPSA) is 99.3 Å². The second-order valence-corrected chi connectivity index (χ2v) is 3.46. The largest absolute Gasteiger partial charge is 0.351 e. The SMILES string of the molecule is O=C(Nc1nn[nH]n1)c1cc2ccccc2[nH]1. The fraction of sp³-hybridized carbons (Fsp3) is 0. The van der Waals surface area contributed by atoms with E-state index >= 15 is 0 Å². The summed E-state index contributed by atoms with van der Waals surface area (Å²) in [4.78, 5) is 14.8. The van der Waals surface area contributed by atoms with Gasteiger partial charge in [0, 0.05) is 10.9 Å². The molecule has 0 radical (unpaired) electrons. The fourth-order valence-corrected chi connectivity index (χ4v) is 1.58. The van der Waals surface area contributed by atoms with Gasteiger partial charge in [-0.15, -0.1) is 5.10 Å². The molecule has 7 nitrogen and oxygen atoms in total. The average molecular weight is 228 g/mol. The van der Waals surface area contributed by atoms with Crippen molar-refractivity contribution in [3.05, 3.63) is 36.0 Å². The fourth-order valence-electron chi connectivity index (χ4n) is 1.58. The number of hydrogen-bond donors (Lipinski definition) is 3. The number of rotatable bonds is 2. The molecule has 0 atom stereocenters. The molecular formula is C10H8N6O. The van der Waals surface area contributed by atoms with Crippen molar-refractivity contribution in [2.45, 2.75) is 0 Å². The molecule has 1 aromatic carbocycles. The lowest BCUT2D eigenvalue weighted by Crippen LogP contribution is -2.13. The molecule has 0 saturated heterocycles. The minimum atomic E-state index is -0.303. The predicted octanol–water partition coefficient (Wildman–Crippen LogP) is 0.933. The minimum Gasteiger partial charge on any atom is -0.351 e. The Kier molecular flexibility index (Phi) is 2.08. The maximum Gasteiger partial charge on any atom is 0.274 e. The number of aromatic nitrogens is 5. The molecule has 0 aliphatic heterocycles. The second-order valence-electron chi connectivity index (χ2n) is 3.46. The van der Waals surface area contributed by atoms with Gasteiger partial charge in [-0.05, 0) is 17.3 Å². The van der Waals surface area contributed by atoms with Crippen molar-refractivity contribution >= 4 is 22.8 Å². The van der Waals surface area contributed by atoms with Crippen molar-refractivity contribution in [2.24, 2.45) is 0 Å². The molecule has 1 amide bonds. The van der Waals surface area contributed by atoms with E-state index in [-0.39, 0.29) is 11.9 Å². The lowest BCUT2D eigenvalue weighted by Gasteiger charge is -1.95. The van der Waals surface area contributed by atoms with Crippen molar-refractivity contribution in [1.29, 1.82) is 0 Å². The van der Waals surface area contributed by atoms with Crippen LogP contribution in [0.4, 0.5) is 5.95 Å². The van der Waals surface area contributed by atoms with Crippen LogP contribution in [0.2, 0.25) is 0 Å². The second kappa shape index (κ2) is 3.71. The third kappa shape index (κ3) is 1.73. The summed E-state index contributed by atoms with van der Waals surface area (Å²) < 4.78 is 0. The van der Waals surface area contributed by atoms with Gasteiger partial charge in [-0.2, -0.15) is 5.21 Å². The Morgan fingerprint density at radius 2 is 2.18 bits per heavy atom. The first-order valence-corrected chi connectivity index (χ1v) is 4.95. The van der Waals surface area contributed by atoms with Crippen LogP contribution in [0.5, 0.6) is 0 Å². The highest BCUT2D eigenvalue weighted by Gasteiger charge is 2.11. The van der Waals surface area contributed by atoms with Gasteiger partial charge in [0.25, 0.3) is 11.9 Å². The Bertz CT molecular complexity index is 623. The van der Waals surface area contributed by atoms with Gasteiger partial charge < -0.3 is 4.98 Å². The van der Waals surface area contributed by atoms with Gasteiger partial charge >= 0.3 is 0 Å². The Labute approximate surface area is 95.2 Å². The Balaban J connectivity index is 1.90. The summed E-state index contributed by atoms with van der Waals surface area (Å²) in [7, 11) is 0. The molecular weight excluding hydrogens is 220 g/mol. The standard InChI is InChI=1S/C10H8N6O/c17-9(12-10-13-15-16-14-10)8-5-6-3-1-2-4-7(6)11-8/h1-5,11H,(H2,12,13,14,15,16,17). The summed E-state index contributed by atoms with van der Waals surface area (Å²) in [5.74, 6) is -0.156. The lowest BCUT2D eigenvalue weighted by molar-refractivity contribution is 0.102. The van der Waals surface area contributed by atoms with Crippen molar-refractivity contribution in [3.8, 4) is 0 Å². The van der Waals surface area contributed by atoms with Gasteiger partial charge in [0.15, 0.2) is 0 Å². The zero-order valence-electron chi connectivity index (χ0n) is 8.64. The van der Waals surface area contributed by atoms with Gasteiger partial charge in [0.05, 0.1) is 0 Å². The van der Waals surface area contributed by atoms with Crippen molar-refractivity contribution < 1.29 is 4.79 Å². The van der Waals surface area contributed by atoms with Gasteiger partial charge in [-0.3, -0.25) is 10.1 Å². The number of carbonyl (C=O) groups is 1. The molecule has 0 spiro atoms. The molecule has 0 bridgehead atoms. The molecule has 2 aromatic heterocycles. The zero-order valence-corrected chi connectivity index (χ0v) is 8.64. The van der Waals surface area contributed by atoms with Crippen molar-refractivity contribution in [3.63, 3.8) is 0 Å². The summed E-state index contributed by atoms with van der Waals surface area (Å²) in [6.07, 6.45) is 0. The van der Waals surface area contributed by atoms with E-state index in [1.807, 2.05) is 24.3 Å². The first-order valence-electron chi connectivity index (χ1n) is 4.95. The van der Waals surface area contributed by atoms with E-state index in [9.17, 15) is 4.79 Å². The van der Waals surface area contributed by atoms with E-state index in [4.69, 9.17) is 0 Å². The zero-order chi connectivity index (χ0) is 11.7. The number of nitrogens with zero attached hydrogens (tertiary/aromatic N) is 3.